The quantitative estimate of drug-likeness (QED) is 0.669. The highest BCUT2D eigenvalue weighted by Gasteiger charge is 1.98. The molecular weight excluding hydrogens is 222 g/mol. The minimum Gasteiger partial charge on any atom is -0.493 e. The molecule has 1 rings (SSSR count). The van der Waals surface area contributed by atoms with Crippen LogP contribution in [0.15, 0.2) is 30.3 Å². The molecule has 1 aromatic rings. The average Bonchev–Trinajstić information content (AvgIpc) is 2.40. The third-order valence-corrected chi connectivity index (χ3v) is 2.84. The van der Waals surface area contributed by atoms with Crippen LogP contribution in [-0.2, 0) is 0 Å². The van der Waals surface area contributed by atoms with Crippen LogP contribution in [-0.4, -0.2) is 20.2 Å². The molecule has 18 heavy (non-hydrogen) atoms. The first-order chi connectivity index (χ1) is 8.88. The number of allylic oxidation sites excluding steroid dienone is 1. The van der Waals surface area contributed by atoms with Crippen LogP contribution in [0.25, 0.3) is 6.08 Å². The number of ether oxygens (including phenoxy) is 1. The standard InChI is InChI=1S/C16H25NO/c1-3-10-15-11-6-7-12-16(15)18-14-9-5-4-8-13-17-2/h3,6-7,10-12,17H,4-5,8-9,13-14H2,1-2H3. The van der Waals surface area contributed by atoms with Crippen LogP contribution in [0.3, 0.4) is 0 Å². The van der Waals surface area contributed by atoms with Crippen LogP contribution in [0.4, 0.5) is 0 Å². The largest absolute Gasteiger partial charge is 0.493 e. The predicted molar refractivity (Wildman–Crippen MR) is 79.0 cm³/mol. The Hall–Kier alpha value is -1.28. The summed E-state index contributed by atoms with van der Waals surface area (Å²) in [5.41, 5.74) is 1.16. The van der Waals surface area contributed by atoms with Gasteiger partial charge in [-0.1, -0.05) is 43.2 Å². The van der Waals surface area contributed by atoms with E-state index in [1.807, 2.05) is 38.2 Å². The SMILES string of the molecule is CC=Cc1ccccc1OCCCCCCNC. The lowest BCUT2D eigenvalue weighted by atomic mass is 10.2. The number of benzene rings is 1. The van der Waals surface area contributed by atoms with Gasteiger partial charge in [0, 0.05) is 5.56 Å². The highest BCUT2D eigenvalue weighted by molar-refractivity contribution is 5.56. The van der Waals surface area contributed by atoms with E-state index in [9.17, 15) is 0 Å². The van der Waals surface area contributed by atoms with Crippen molar-refractivity contribution in [3.05, 3.63) is 35.9 Å². The van der Waals surface area contributed by atoms with Gasteiger partial charge in [-0.05, 0) is 39.4 Å². The molecule has 1 aromatic carbocycles. The molecule has 100 valence electrons. The second kappa shape index (κ2) is 9.72. The van der Waals surface area contributed by atoms with Crippen LogP contribution < -0.4 is 10.1 Å². The predicted octanol–water partition coefficient (Wildman–Crippen LogP) is 3.88. The van der Waals surface area contributed by atoms with Gasteiger partial charge in [-0.2, -0.15) is 0 Å². The number of para-hydroxylation sites is 1. The zero-order chi connectivity index (χ0) is 13.1. The van der Waals surface area contributed by atoms with Gasteiger partial charge in [0.2, 0.25) is 0 Å². The van der Waals surface area contributed by atoms with Crippen molar-refractivity contribution >= 4 is 6.08 Å². The Morgan fingerprint density at radius 2 is 1.89 bits per heavy atom. The summed E-state index contributed by atoms with van der Waals surface area (Å²) in [6, 6.07) is 8.19. The summed E-state index contributed by atoms with van der Waals surface area (Å²) in [6.07, 6.45) is 9.04. The minimum absolute atomic E-state index is 0.814. The Morgan fingerprint density at radius 1 is 1.11 bits per heavy atom. The molecule has 1 N–H and O–H groups in total. The molecule has 0 aliphatic rings. The van der Waals surface area contributed by atoms with Gasteiger partial charge in [-0.25, -0.2) is 0 Å². The van der Waals surface area contributed by atoms with E-state index in [-0.39, 0.29) is 0 Å². The second-order valence-corrected chi connectivity index (χ2v) is 4.40. The molecule has 0 saturated carbocycles. The number of unbranched alkanes of at least 4 members (excludes halogenated alkanes) is 3. The number of nitrogens with one attached hydrogen (secondary N) is 1. The zero-order valence-corrected chi connectivity index (χ0v) is 11.6. The zero-order valence-electron chi connectivity index (χ0n) is 11.6. The number of rotatable bonds is 9. The molecule has 0 saturated heterocycles. The number of hydrogen-bond acceptors (Lipinski definition) is 2. The maximum Gasteiger partial charge on any atom is 0.126 e. The summed E-state index contributed by atoms with van der Waals surface area (Å²) in [5.74, 6) is 0.992. The van der Waals surface area contributed by atoms with Gasteiger partial charge in [0.1, 0.15) is 5.75 Å². The van der Waals surface area contributed by atoms with Crippen molar-refractivity contribution in [1.29, 1.82) is 0 Å². The molecule has 2 heteroatoms. The summed E-state index contributed by atoms with van der Waals surface area (Å²) in [5, 5.41) is 3.17. The summed E-state index contributed by atoms with van der Waals surface area (Å²) < 4.78 is 5.83. The van der Waals surface area contributed by atoms with Crippen LogP contribution in [0, 0.1) is 0 Å². The minimum atomic E-state index is 0.814. The normalized spacial score (nSPS) is 11.0. The van der Waals surface area contributed by atoms with Crippen molar-refractivity contribution in [1.82, 2.24) is 5.32 Å². The molecule has 0 unspecified atom stereocenters. The molecule has 0 aliphatic heterocycles. The van der Waals surface area contributed by atoms with Gasteiger partial charge in [0.05, 0.1) is 6.61 Å². The molecule has 0 heterocycles. The molecular formula is C16H25NO. The van der Waals surface area contributed by atoms with E-state index in [1.165, 1.54) is 19.3 Å². The van der Waals surface area contributed by atoms with E-state index in [0.29, 0.717) is 0 Å². The Morgan fingerprint density at radius 3 is 2.67 bits per heavy atom. The van der Waals surface area contributed by atoms with E-state index in [2.05, 4.69) is 17.5 Å². The van der Waals surface area contributed by atoms with Crippen LogP contribution >= 0.6 is 0 Å². The van der Waals surface area contributed by atoms with Crippen LogP contribution in [0.2, 0.25) is 0 Å². The van der Waals surface area contributed by atoms with Gasteiger partial charge in [0.15, 0.2) is 0 Å². The highest BCUT2D eigenvalue weighted by Crippen LogP contribution is 2.19. The maximum absolute atomic E-state index is 5.83. The second-order valence-electron chi connectivity index (χ2n) is 4.40. The van der Waals surface area contributed by atoms with Crippen molar-refractivity contribution in [3.63, 3.8) is 0 Å². The fourth-order valence-corrected chi connectivity index (χ4v) is 1.87. The molecule has 0 aliphatic carbocycles. The Kier molecular flexibility index (Phi) is 7.98. The van der Waals surface area contributed by atoms with E-state index in [0.717, 1.165) is 30.9 Å². The van der Waals surface area contributed by atoms with Crippen LogP contribution in [0.5, 0.6) is 5.75 Å². The third-order valence-electron chi connectivity index (χ3n) is 2.84. The summed E-state index contributed by atoms with van der Waals surface area (Å²) in [7, 11) is 2.00. The molecule has 0 atom stereocenters. The molecule has 0 amide bonds. The van der Waals surface area contributed by atoms with Crippen molar-refractivity contribution in [3.8, 4) is 5.75 Å². The Bertz CT molecular complexity index is 347. The van der Waals surface area contributed by atoms with E-state index < -0.39 is 0 Å². The fourth-order valence-electron chi connectivity index (χ4n) is 1.87. The molecule has 0 radical (unpaired) electrons. The molecule has 0 aromatic heterocycles. The van der Waals surface area contributed by atoms with Crippen molar-refractivity contribution in [2.75, 3.05) is 20.2 Å². The molecule has 0 spiro atoms. The van der Waals surface area contributed by atoms with Crippen molar-refractivity contribution < 1.29 is 4.74 Å². The van der Waals surface area contributed by atoms with Crippen LogP contribution in [0.1, 0.15) is 38.2 Å². The monoisotopic (exact) mass is 247 g/mol. The maximum atomic E-state index is 5.83. The fraction of sp³-hybridized carbons (Fsp3) is 0.500. The molecule has 0 bridgehead atoms. The summed E-state index contributed by atoms with van der Waals surface area (Å²) in [6.45, 7) is 3.96. The first kappa shape index (κ1) is 14.8. The van der Waals surface area contributed by atoms with Gasteiger partial charge in [0.25, 0.3) is 0 Å². The number of hydrogen-bond donors (Lipinski definition) is 1. The van der Waals surface area contributed by atoms with Gasteiger partial charge in [-0.3, -0.25) is 0 Å². The van der Waals surface area contributed by atoms with Gasteiger partial charge in [-0.15, -0.1) is 0 Å². The lowest BCUT2D eigenvalue weighted by Gasteiger charge is -2.09. The molecule has 0 fully saturated rings. The lowest BCUT2D eigenvalue weighted by Crippen LogP contribution is -2.07. The smallest absolute Gasteiger partial charge is 0.126 e. The van der Waals surface area contributed by atoms with E-state index >= 15 is 0 Å². The van der Waals surface area contributed by atoms with Gasteiger partial charge < -0.3 is 10.1 Å². The van der Waals surface area contributed by atoms with E-state index in [4.69, 9.17) is 4.74 Å². The first-order valence-corrected chi connectivity index (χ1v) is 6.87. The third kappa shape index (κ3) is 5.87. The van der Waals surface area contributed by atoms with Crippen molar-refractivity contribution in [2.24, 2.45) is 0 Å². The molecule has 2 nitrogen and oxygen atoms in total. The first-order valence-electron chi connectivity index (χ1n) is 6.87. The average molecular weight is 247 g/mol. The Labute approximate surface area is 111 Å². The summed E-state index contributed by atoms with van der Waals surface area (Å²) >= 11 is 0. The van der Waals surface area contributed by atoms with Gasteiger partial charge >= 0.3 is 0 Å². The lowest BCUT2D eigenvalue weighted by molar-refractivity contribution is 0.304. The van der Waals surface area contributed by atoms with Crippen molar-refractivity contribution in [2.45, 2.75) is 32.6 Å². The summed E-state index contributed by atoms with van der Waals surface area (Å²) in [4.78, 5) is 0. The topological polar surface area (TPSA) is 21.3 Å². The van der Waals surface area contributed by atoms with E-state index in [1.54, 1.807) is 0 Å². The Balaban J connectivity index is 2.22. The highest BCUT2D eigenvalue weighted by atomic mass is 16.5.